The largest absolute Gasteiger partial charge is 0.380 e. The van der Waals surface area contributed by atoms with Gasteiger partial charge >= 0.3 is 0 Å². The lowest BCUT2D eigenvalue weighted by molar-refractivity contribution is 0.141. The Balaban J connectivity index is 2.74. The van der Waals surface area contributed by atoms with Crippen molar-refractivity contribution in [2.45, 2.75) is 27.3 Å². The van der Waals surface area contributed by atoms with E-state index in [9.17, 15) is 0 Å². The van der Waals surface area contributed by atoms with E-state index in [4.69, 9.17) is 9.47 Å². The van der Waals surface area contributed by atoms with Gasteiger partial charge in [-0.3, -0.25) is 4.98 Å². The van der Waals surface area contributed by atoms with Crippen LogP contribution in [0.4, 0.5) is 5.69 Å². The number of aromatic nitrogens is 1. The molecule has 5 heteroatoms. The maximum Gasteiger partial charge on any atom is 0.0641 e. The second-order valence-electron chi connectivity index (χ2n) is 4.67. The van der Waals surface area contributed by atoms with Crippen LogP contribution in [0.25, 0.3) is 0 Å². The molecule has 0 aliphatic heterocycles. The van der Waals surface area contributed by atoms with E-state index in [1.165, 1.54) is 11.3 Å². The predicted molar refractivity (Wildman–Crippen MR) is 86.8 cm³/mol. The quantitative estimate of drug-likeness (QED) is 0.598. The van der Waals surface area contributed by atoms with Gasteiger partial charge in [0, 0.05) is 56.5 Å². The highest BCUT2D eigenvalue weighted by Crippen LogP contribution is 2.19. The zero-order valence-electron chi connectivity index (χ0n) is 13.6. The van der Waals surface area contributed by atoms with Gasteiger partial charge < -0.3 is 19.7 Å². The van der Waals surface area contributed by atoms with E-state index >= 15 is 0 Å². The smallest absolute Gasteiger partial charge is 0.0641 e. The van der Waals surface area contributed by atoms with Crippen LogP contribution in [-0.2, 0) is 16.0 Å². The van der Waals surface area contributed by atoms with Crippen LogP contribution < -0.4 is 10.2 Å². The van der Waals surface area contributed by atoms with Crippen LogP contribution in [0, 0.1) is 0 Å². The zero-order chi connectivity index (χ0) is 15.3. The van der Waals surface area contributed by atoms with E-state index < -0.39 is 0 Å². The van der Waals surface area contributed by atoms with Gasteiger partial charge in [-0.05, 0) is 26.5 Å². The van der Waals surface area contributed by atoms with Crippen molar-refractivity contribution in [3.05, 3.63) is 24.0 Å². The first kappa shape index (κ1) is 17.9. The molecule has 1 rings (SSSR count). The van der Waals surface area contributed by atoms with Crippen LogP contribution in [0.2, 0.25) is 0 Å². The van der Waals surface area contributed by atoms with E-state index in [1.54, 1.807) is 0 Å². The Bertz CT molecular complexity index is 364. The lowest BCUT2D eigenvalue weighted by atomic mass is 10.2. The van der Waals surface area contributed by atoms with Crippen molar-refractivity contribution >= 4 is 5.69 Å². The average molecular weight is 295 g/mol. The maximum absolute atomic E-state index is 5.50. The summed E-state index contributed by atoms with van der Waals surface area (Å²) < 4.78 is 11.0. The van der Waals surface area contributed by atoms with Gasteiger partial charge in [0.05, 0.1) is 13.2 Å². The number of ether oxygens (including phenoxy) is 2. The molecule has 0 saturated heterocycles. The van der Waals surface area contributed by atoms with Crippen molar-refractivity contribution in [1.82, 2.24) is 10.3 Å². The van der Waals surface area contributed by atoms with E-state index in [2.05, 4.69) is 28.2 Å². The van der Waals surface area contributed by atoms with Gasteiger partial charge in [-0.15, -0.1) is 0 Å². The molecule has 0 atom stereocenters. The minimum absolute atomic E-state index is 0.728. The van der Waals surface area contributed by atoms with Crippen molar-refractivity contribution in [1.29, 1.82) is 0 Å². The summed E-state index contributed by atoms with van der Waals surface area (Å²) in [7, 11) is 0. The SMILES string of the molecule is CCNCc1cnccc1N(CCOCC)CCOCC. The van der Waals surface area contributed by atoms with Crippen molar-refractivity contribution in [2.24, 2.45) is 0 Å². The fraction of sp³-hybridized carbons (Fsp3) is 0.688. The van der Waals surface area contributed by atoms with Gasteiger partial charge in [0.2, 0.25) is 0 Å². The highest BCUT2D eigenvalue weighted by atomic mass is 16.5. The Morgan fingerprint density at radius 3 is 2.33 bits per heavy atom. The van der Waals surface area contributed by atoms with E-state index in [1.807, 2.05) is 26.2 Å². The van der Waals surface area contributed by atoms with Crippen LogP contribution in [0.1, 0.15) is 26.3 Å². The Kier molecular flexibility index (Phi) is 9.78. The summed E-state index contributed by atoms with van der Waals surface area (Å²) in [5.74, 6) is 0. The van der Waals surface area contributed by atoms with Crippen molar-refractivity contribution < 1.29 is 9.47 Å². The van der Waals surface area contributed by atoms with E-state index in [0.29, 0.717) is 0 Å². The fourth-order valence-corrected chi connectivity index (χ4v) is 2.12. The maximum atomic E-state index is 5.50. The summed E-state index contributed by atoms with van der Waals surface area (Å²) >= 11 is 0. The third-order valence-corrected chi connectivity index (χ3v) is 3.20. The lowest BCUT2D eigenvalue weighted by Crippen LogP contribution is -2.32. The summed E-state index contributed by atoms with van der Waals surface area (Å²) in [6, 6.07) is 2.07. The molecule has 21 heavy (non-hydrogen) atoms. The molecule has 0 spiro atoms. The van der Waals surface area contributed by atoms with Crippen LogP contribution in [0.5, 0.6) is 0 Å². The first-order chi connectivity index (χ1) is 10.3. The molecule has 0 fully saturated rings. The third kappa shape index (κ3) is 6.89. The zero-order valence-corrected chi connectivity index (χ0v) is 13.6. The van der Waals surface area contributed by atoms with Gasteiger partial charge in [0.1, 0.15) is 0 Å². The third-order valence-electron chi connectivity index (χ3n) is 3.20. The number of anilines is 1. The number of pyridine rings is 1. The Morgan fingerprint density at radius 1 is 1.10 bits per heavy atom. The molecule has 0 aromatic carbocycles. The molecule has 0 saturated carbocycles. The van der Waals surface area contributed by atoms with Gasteiger partial charge in [-0.25, -0.2) is 0 Å². The number of hydrogen-bond acceptors (Lipinski definition) is 5. The van der Waals surface area contributed by atoms with Gasteiger partial charge in [-0.1, -0.05) is 6.92 Å². The molecule has 1 aromatic rings. The molecule has 1 aromatic heterocycles. The van der Waals surface area contributed by atoms with Gasteiger partial charge in [0.15, 0.2) is 0 Å². The van der Waals surface area contributed by atoms with Crippen LogP contribution in [0.3, 0.4) is 0 Å². The summed E-state index contributed by atoms with van der Waals surface area (Å²) in [6.07, 6.45) is 3.78. The Labute approximate surface area is 128 Å². The number of rotatable bonds is 12. The summed E-state index contributed by atoms with van der Waals surface area (Å²) in [6.45, 7) is 12.6. The number of nitrogens with zero attached hydrogens (tertiary/aromatic N) is 2. The molecule has 5 nitrogen and oxygen atoms in total. The van der Waals surface area contributed by atoms with Crippen molar-refractivity contribution in [2.75, 3.05) is 51.0 Å². The summed E-state index contributed by atoms with van der Waals surface area (Å²) in [4.78, 5) is 6.56. The molecule has 1 N–H and O–H groups in total. The first-order valence-corrected chi connectivity index (χ1v) is 7.87. The molecular weight excluding hydrogens is 266 g/mol. The summed E-state index contributed by atoms with van der Waals surface area (Å²) in [5, 5.41) is 3.37. The average Bonchev–Trinajstić information content (AvgIpc) is 2.52. The first-order valence-electron chi connectivity index (χ1n) is 7.87. The molecule has 120 valence electrons. The standard InChI is InChI=1S/C16H29N3O2/c1-4-17-13-15-14-18-8-7-16(15)19(9-11-20-5-2)10-12-21-6-3/h7-8,14,17H,4-6,9-13H2,1-3H3. The van der Waals surface area contributed by atoms with Crippen LogP contribution in [-0.4, -0.2) is 51.0 Å². The van der Waals surface area contributed by atoms with Crippen LogP contribution in [0.15, 0.2) is 18.5 Å². The minimum Gasteiger partial charge on any atom is -0.380 e. The van der Waals surface area contributed by atoms with Crippen LogP contribution >= 0.6 is 0 Å². The summed E-state index contributed by atoms with van der Waals surface area (Å²) in [5.41, 5.74) is 2.43. The molecule has 0 bridgehead atoms. The predicted octanol–water partition coefficient (Wildman–Crippen LogP) is 2.07. The normalized spacial score (nSPS) is 10.8. The molecule has 0 radical (unpaired) electrons. The molecule has 0 aliphatic carbocycles. The lowest BCUT2D eigenvalue weighted by Gasteiger charge is -2.27. The minimum atomic E-state index is 0.728. The highest BCUT2D eigenvalue weighted by Gasteiger charge is 2.11. The number of hydrogen-bond donors (Lipinski definition) is 1. The van der Waals surface area contributed by atoms with Gasteiger partial charge in [-0.2, -0.15) is 0 Å². The fourth-order valence-electron chi connectivity index (χ4n) is 2.12. The van der Waals surface area contributed by atoms with Crippen molar-refractivity contribution in [3.63, 3.8) is 0 Å². The second kappa shape index (κ2) is 11.5. The van der Waals surface area contributed by atoms with Crippen molar-refractivity contribution in [3.8, 4) is 0 Å². The van der Waals surface area contributed by atoms with Gasteiger partial charge in [0.25, 0.3) is 0 Å². The molecule has 0 aliphatic rings. The van der Waals surface area contributed by atoms with E-state index in [0.717, 1.165) is 52.6 Å². The topological polar surface area (TPSA) is 46.6 Å². The molecule has 1 heterocycles. The monoisotopic (exact) mass is 295 g/mol. The molecular formula is C16H29N3O2. The molecule has 0 unspecified atom stereocenters. The Morgan fingerprint density at radius 2 is 1.76 bits per heavy atom. The van der Waals surface area contributed by atoms with E-state index in [-0.39, 0.29) is 0 Å². The highest BCUT2D eigenvalue weighted by molar-refractivity contribution is 5.52. The molecule has 0 amide bonds. The Hall–Kier alpha value is -1.17. The second-order valence-corrected chi connectivity index (χ2v) is 4.67. The number of nitrogens with one attached hydrogen (secondary N) is 1.